The summed E-state index contributed by atoms with van der Waals surface area (Å²) in [6.07, 6.45) is 8.83. The molecule has 0 aliphatic carbocycles. The Kier molecular flexibility index (Phi) is 9.38. The first-order valence-electron chi connectivity index (χ1n) is 6.46. The molecule has 0 radical (unpaired) electrons. The molecule has 0 aliphatic heterocycles. The maximum atomic E-state index is 10.5. The van der Waals surface area contributed by atoms with Crippen molar-refractivity contribution in [2.45, 2.75) is 70.8 Å². The van der Waals surface area contributed by atoms with E-state index in [2.05, 4.69) is 6.92 Å². The molecule has 1 N–H and O–H groups in total. The number of carboxylic acids is 1. The van der Waals surface area contributed by atoms with Crippen LogP contribution in [0.15, 0.2) is 0 Å². The molecule has 0 aliphatic rings. The Labute approximate surface area is 102 Å². The number of nitrogens with zero attached hydrogens (tertiary/aromatic N) is 1. The number of aliphatic carboxylic acids is 1. The van der Waals surface area contributed by atoms with Gasteiger partial charge in [0.2, 0.25) is 0 Å². The van der Waals surface area contributed by atoms with Crippen LogP contribution in [-0.2, 0) is 4.79 Å². The molecule has 1 unspecified atom stereocenters. The van der Waals surface area contributed by atoms with Gasteiger partial charge < -0.3 is 5.11 Å². The summed E-state index contributed by atoms with van der Waals surface area (Å²) in [5.41, 5.74) is 0. The summed E-state index contributed by atoms with van der Waals surface area (Å²) in [6, 6.07) is -1.42. The Bertz CT molecular complexity index is 217. The largest absolute Gasteiger partial charge is 0.476 e. The van der Waals surface area contributed by atoms with Gasteiger partial charge in [-0.3, -0.25) is 10.1 Å². The number of rotatable bonds is 11. The second kappa shape index (κ2) is 10.1. The van der Waals surface area contributed by atoms with E-state index < -0.39 is 16.9 Å². The molecule has 0 fully saturated rings. The molecule has 100 valence electrons. The van der Waals surface area contributed by atoms with Gasteiger partial charge in [0, 0.05) is 11.3 Å². The fraction of sp³-hybridized carbons (Fsp3) is 0.917. The Hall–Kier alpha value is -1.13. The van der Waals surface area contributed by atoms with Crippen LogP contribution in [-0.4, -0.2) is 22.0 Å². The highest BCUT2D eigenvalue weighted by Gasteiger charge is 2.27. The van der Waals surface area contributed by atoms with Gasteiger partial charge in [0.1, 0.15) is 0 Å². The van der Waals surface area contributed by atoms with Gasteiger partial charge in [-0.25, -0.2) is 4.79 Å². The van der Waals surface area contributed by atoms with E-state index in [-0.39, 0.29) is 6.42 Å². The molecule has 1 atom stereocenters. The van der Waals surface area contributed by atoms with Crippen LogP contribution >= 0.6 is 0 Å². The predicted octanol–water partition coefficient (Wildman–Crippen LogP) is 3.25. The first-order chi connectivity index (χ1) is 8.09. The minimum absolute atomic E-state index is 0.150. The predicted molar refractivity (Wildman–Crippen MR) is 65.6 cm³/mol. The third kappa shape index (κ3) is 8.65. The Morgan fingerprint density at radius 1 is 1.12 bits per heavy atom. The highest BCUT2D eigenvalue weighted by Crippen LogP contribution is 2.11. The van der Waals surface area contributed by atoms with Crippen LogP contribution in [0.3, 0.4) is 0 Å². The number of hydrogen-bond acceptors (Lipinski definition) is 3. The topological polar surface area (TPSA) is 80.4 Å². The van der Waals surface area contributed by atoms with Crippen LogP contribution < -0.4 is 0 Å². The van der Waals surface area contributed by atoms with Crippen molar-refractivity contribution in [2.75, 3.05) is 0 Å². The number of hydrogen-bond donors (Lipinski definition) is 1. The quantitative estimate of drug-likeness (QED) is 0.344. The van der Waals surface area contributed by atoms with E-state index in [4.69, 9.17) is 5.11 Å². The highest BCUT2D eigenvalue weighted by molar-refractivity contribution is 5.71. The average Bonchev–Trinajstić information content (AvgIpc) is 2.26. The zero-order valence-corrected chi connectivity index (χ0v) is 10.6. The molecule has 0 aromatic heterocycles. The van der Waals surface area contributed by atoms with E-state index in [1.165, 1.54) is 25.7 Å². The third-order valence-electron chi connectivity index (χ3n) is 2.87. The molecule has 0 saturated heterocycles. The monoisotopic (exact) mass is 245 g/mol. The molecule has 0 amide bonds. The molecule has 0 bridgehead atoms. The lowest BCUT2D eigenvalue weighted by Crippen LogP contribution is -2.28. The highest BCUT2D eigenvalue weighted by atomic mass is 16.6. The summed E-state index contributed by atoms with van der Waals surface area (Å²) in [7, 11) is 0. The molecule has 0 aromatic carbocycles. The second-order valence-electron chi connectivity index (χ2n) is 4.40. The standard InChI is InChI=1S/C12H23NO4/c1-2-3-4-5-6-7-8-9-10-11(12(14)15)13(16)17/h11H,2-10H2,1H3,(H,14,15). The summed E-state index contributed by atoms with van der Waals surface area (Å²) < 4.78 is 0. The van der Waals surface area contributed by atoms with Crippen LogP contribution in [0, 0.1) is 10.1 Å². The van der Waals surface area contributed by atoms with Crippen molar-refractivity contribution in [1.82, 2.24) is 0 Å². The second-order valence-corrected chi connectivity index (χ2v) is 4.40. The summed E-state index contributed by atoms with van der Waals surface area (Å²) in [4.78, 5) is 20.2. The SMILES string of the molecule is CCCCCCCCCCC(C(=O)O)[N+](=O)[O-]. The minimum Gasteiger partial charge on any atom is -0.476 e. The van der Waals surface area contributed by atoms with E-state index >= 15 is 0 Å². The summed E-state index contributed by atoms with van der Waals surface area (Å²) in [6.45, 7) is 2.17. The van der Waals surface area contributed by atoms with E-state index in [1.807, 2.05) is 0 Å². The third-order valence-corrected chi connectivity index (χ3v) is 2.87. The normalized spacial score (nSPS) is 12.3. The van der Waals surface area contributed by atoms with E-state index in [1.54, 1.807) is 0 Å². The maximum absolute atomic E-state index is 10.5. The van der Waals surface area contributed by atoms with Gasteiger partial charge in [-0.1, -0.05) is 51.9 Å². The van der Waals surface area contributed by atoms with Crippen molar-refractivity contribution < 1.29 is 14.8 Å². The van der Waals surface area contributed by atoms with Crippen LogP contribution in [0.25, 0.3) is 0 Å². The summed E-state index contributed by atoms with van der Waals surface area (Å²) in [5, 5.41) is 19.0. The van der Waals surface area contributed by atoms with Gasteiger partial charge in [0.25, 0.3) is 0 Å². The lowest BCUT2D eigenvalue weighted by molar-refractivity contribution is -0.511. The average molecular weight is 245 g/mol. The first-order valence-corrected chi connectivity index (χ1v) is 6.46. The van der Waals surface area contributed by atoms with Crippen LogP contribution in [0.5, 0.6) is 0 Å². The minimum atomic E-state index is -1.42. The Morgan fingerprint density at radius 3 is 2.00 bits per heavy atom. The molecule has 5 nitrogen and oxygen atoms in total. The Balaban J connectivity index is 3.43. The number of carboxylic acid groups (broad SMARTS) is 1. The molecule has 0 heterocycles. The molecule has 5 heteroatoms. The van der Waals surface area contributed by atoms with Gasteiger partial charge in [0.15, 0.2) is 0 Å². The smallest absolute Gasteiger partial charge is 0.379 e. The van der Waals surface area contributed by atoms with E-state index in [0.29, 0.717) is 6.42 Å². The van der Waals surface area contributed by atoms with Crippen LogP contribution in [0.2, 0.25) is 0 Å². The zero-order valence-electron chi connectivity index (χ0n) is 10.6. The molecule has 0 aromatic rings. The van der Waals surface area contributed by atoms with Gasteiger partial charge in [0.05, 0.1) is 0 Å². The van der Waals surface area contributed by atoms with Gasteiger partial charge >= 0.3 is 12.0 Å². The van der Waals surface area contributed by atoms with Gasteiger partial charge in [-0.15, -0.1) is 0 Å². The fourth-order valence-electron chi connectivity index (χ4n) is 1.79. The van der Waals surface area contributed by atoms with Gasteiger partial charge in [-0.05, 0) is 6.42 Å². The van der Waals surface area contributed by atoms with Crippen molar-refractivity contribution in [3.63, 3.8) is 0 Å². The molecule has 0 saturated carbocycles. The molecular weight excluding hydrogens is 222 g/mol. The van der Waals surface area contributed by atoms with Gasteiger partial charge in [-0.2, -0.15) is 0 Å². The number of carbonyl (C=O) groups is 1. The fourth-order valence-corrected chi connectivity index (χ4v) is 1.79. The van der Waals surface area contributed by atoms with Crippen LogP contribution in [0.1, 0.15) is 64.7 Å². The van der Waals surface area contributed by atoms with Crippen molar-refractivity contribution in [1.29, 1.82) is 0 Å². The lowest BCUT2D eigenvalue weighted by atomic mass is 10.0. The van der Waals surface area contributed by atoms with Crippen molar-refractivity contribution >= 4 is 5.97 Å². The first kappa shape index (κ1) is 15.9. The maximum Gasteiger partial charge on any atom is 0.379 e. The lowest BCUT2D eigenvalue weighted by Gasteiger charge is -2.04. The number of unbranched alkanes of at least 4 members (excludes halogenated alkanes) is 7. The molecule has 0 rings (SSSR count). The van der Waals surface area contributed by atoms with E-state index in [9.17, 15) is 14.9 Å². The zero-order chi connectivity index (χ0) is 13.1. The summed E-state index contributed by atoms with van der Waals surface area (Å²) in [5.74, 6) is -1.32. The van der Waals surface area contributed by atoms with Crippen molar-refractivity contribution in [3.05, 3.63) is 10.1 Å². The van der Waals surface area contributed by atoms with Crippen molar-refractivity contribution in [3.8, 4) is 0 Å². The number of nitro groups is 1. The van der Waals surface area contributed by atoms with E-state index in [0.717, 1.165) is 19.3 Å². The summed E-state index contributed by atoms with van der Waals surface area (Å²) >= 11 is 0. The molecule has 17 heavy (non-hydrogen) atoms. The van der Waals surface area contributed by atoms with Crippen LogP contribution in [0.4, 0.5) is 0 Å². The molecule has 0 spiro atoms. The molecular formula is C12H23NO4. The Morgan fingerprint density at radius 2 is 1.59 bits per heavy atom. The van der Waals surface area contributed by atoms with Crippen molar-refractivity contribution in [2.24, 2.45) is 0 Å².